The van der Waals surface area contributed by atoms with E-state index in [0.29, 0.717) is 44.9 Å². The molecule has 0 radical (unpaired) electrons. The van der Waals surface area contributed by atoms with Crippen LogP contribution in [0.4, 0.5) is 0 Å². The number of phosphoric acid groups is 2. The second kappa shape index (κ2) is 33.9. The molecular formula is C42H78O16P2. The third-order valence-electron chi connectivity index (χ3n) is 10.5. The van der Waals surface area contributed by atoms with Crippen molar-refractivity contribution in [1.82, 2.24) is 0 Å². The number of carbonyl (C=O) groups is 3. The molecule has 0 bridgehead atoms. The molecule has 1 rings (SSSR count). The first-order valence-corrected chi connectivity index (χ1v) is 25.5. The van der Waals surface area contributed by atoms with Crippen molar-refractivity contribution in [2.24, 2.45) is 11.8 Å². The maximum absolute atomic E-state index is 12.8. The third kappa shape index (κ3) is 30.5. The molecule has 1 unspecified atom stereocenters. The molecule has 0 saturated heterocycles. The minimum Gasteiger partial charge on any atom is -0.462 e. The van der Waals surface area contributed by atoms with E-state index >= 15 is 0 Å². The van der Waals surface area contributed by atoms with Crippen molar-refractivity contribution in [1.29, 1.82) is 0 Å². The van der Waals surface area contributed by atoms with Crippen LogP contribution < -0.4 is 0 Å². The van der Waals surface area contributed by atoms with E-state index in [9.17, 15) is 43.7 Å². The number of phosphoric ester groups is 2. The SMILES string of the molecule is CCCCCCCCCCCCCCCC(=O)OC[C@H](COP(=O)(O)OC[C@@H](O)COP(=O)(O)O)OC(=O)CCCCCC[C@H]1C(=O)C[C@@H](O)[C@@H]1/C=C/[C@@H](O)CCCCC. The zero-order valence-electron chi connectivity index (χ0n) is 36.3. The molecule has 6 N–H and O–H groups in total. The largest absolute Gasteiger partial charge is 0.472 e. The van der Waals surface area contributed by atoms with Crippen LogP contribution in [0.25, 0.3) is 0 Å². The average molecular weight is 901 g/mol. The average Bonchev–Trinajstić information content (AvgIpc) is 3.46. The normalized spacial score (nSPS) is 19.7. The van der Waals surface area contributed by atoms with Crippen LogP contribution in [0.15, 0.2) is 12.2 Å². The predicted molar refractivity (Wildman–Crippen MR) is 226 cm³/mol. The van der Waals surface area contributed by atoms with Gasteiger partial charge in [-0.3, -0.25) is 28.0 Å². The number of Topliss-reactive ketones (excluding diaryl/α,β-unsaturated/α-hetero) is 1. The van der Waals surface area contributed by atoms with Gasteiger partial charge in [0, 0.05) is 31.1 Å². The topological polar surface area (TPSA) is 253 Å². The molecule has 0 aromatic heterocycles. The number of aliphatic hydroxyl groups is 3. The van der Waals surface area contributed by atoms with Crippen LogP contribution in [0.5, 0.6) is 0 Å². The summed E-state index contributed by atoms with van der Waals surface area (Å²) in [6.45, 7) is 1.40. The lowest BCUT2D eigenvalue weighted by atomic mass is 9.88. The van der Waals surface area contributed by atoms with Crippen molar-refractivity contribution >= 4 is 33.4 Å². The monoisotopic (exact) mass is 900 g/mol. The van der Waals surface area contributed by atoms with Gasteiger partial charge in [0.2, 0.25) is 0 Å². The molecule has 18 heteroatoms. The molecule has 0 aromatic carbocycles. The van der Waals surface area contributed by atoms with E-state index in [0.717, 1.165) is 38.5 Å². The van der Waals surface area contributed by atoms with Crippen LogP contribution in [0, 0.1) is 11.8 Å². The fraction of sp³-hybridized carbons (Fsp3) is 0.881. The summed E-state index contributed by atoms with van der Waals surface area (Å²) in [5, 5.41) is 30.5. The molecule has 0 aromatic rings. The van der Waals surface area contributed by atoms with Crippen molar-refractivity contribution in [3.63, 3.8) is 0 Å². The second-order valence-electron chi connectivity index (χ2n) is 16.1. The van der Waals surface area contributed by atoms with Gasteiger partial charge < -0.3 is 39.5 Å². The highest BCUT2D eigenvalue weighted by Crippen LogP contribution is 2.44. The molecule has 1 fully saturated rings. The minimum absolute atomic E-state index is 0.00225. The number of hydrogen-bond acceptors (Lipinski definition) is 13. The Morgan fingerprint density at radius 2 is 1.18 bits per heavy atom. The van der Waals surface area contributed by atoms with E-state index < -0.39 is 78.4 Å². The Kier molecular flexibility index (Phi) is 31.9. The summed E-state index contributed by atoms with van der Waals surface area (Å²) in [4.78, 5) is 65.5. The summed E-state index contributed by atoms with van der Waals surface area (Å²) in [5.41, 5.74) is 0. The lowest BCUT2D eigenvalue weighted by molar-refractivity contribution is -0.161. The van der Waals surface area contributed by atoms with Crippen LogP contribution in [0.2, 0.25) is 0 Å². The van der Waals surface area contributed by atoms with Gasteiger partial charge in [-0.25, -0.2) is 9.13 Å². The zero-order valence-corrected chi connectivity index (χ0v) is 38.1. The first-order valence-electron chi connectivity index (χ1n) is 22.5. The molecule has 0 spiro atoms. The van der Waals surface area contributed by atoms with Crippen LogP contribution in [0.3, 0.4) is 0 Å². The van der Waals surface area contributed by atoms with Crippen molar-refractivity contribution in [2.75, 3.05) is 26.4 Å². The number of carbonyl (C=O) groups excluding carboxylic acids is 3. The van der Waals surface area contributed by atoms with Crippen LogP contribution in [0.1, 0.15) is 174 Å². The molecule has 1 aliphatic carbocycles. The summed E-state index contributed by atoms with van der Waals surface area (Å²) in [6, 6.07) is 0. The second-order valence-corrected chi connectivity index (χ2v) is 18.8. The highest BCUT2D eigenvalue weighted by Gasteiger charge is 2.39. The lowest BCUT2D eigenvalue weighted by Gasteiger charge is -2.20. The molecule has 1 aliphatic rings. The molecule has 0 aliphatic heterocycles. The summed E-state index contributed by atoms with van der Waals surface area (Å²) in [5.74, 6) is -1.86. The summed E-state index contributed by atoms with van der Waals surface area (Å²) < 4.78 is 47.8. The predicted octanol–water partition coefficient (Wildman–Crippen LogP) is 7.93. The van der Waals surface area contributed by atoms with Crippen molar-refractivity contribution in [3.05, 3.63) is 12.2 Å². The summed E-state index contributed by atoms with van der Waals surface area (Å²) in [6.07, 6.45) is 21.1. The Bertz CT molecular complexity index is 1280. The molecule has 0 amide bonds. The van der Waals surface area contributed by atoms with Crippen molar-refractivity contribution in [2.45, 2.75) is 199 Å². The fourth-order valence-corrected chi connectivity index (χ4v) is 8.22. The first kappa shape index (κ1) is 56.5. The molecule has 16 nitrogen and oxygen atoms in total. The summed E-state index contributed by atoms with van der Waals surface area (Å²) >= 11 is 0. The number of ketones is 1. The van der Waals surface area contributed by atoms with Gasteiger partial charge >= 0.3 is 27.6 Å². The molecule has 60 heavy (non-hydrogen) atoms. The fourth-order valence-electron chi connectivity index (χ4n) is 7.07. The summed E-state index contributed by atoms with van der Waals surface area (Å²) in [7, 11) is -9.76. The van der Waals surface area contributed by atoms with Gasteiger partial charge in [0.15, 0.2) is 6.10 Å². The van der Waals surface area contributed by atoms with E-state index in [-0.39, 0.29) is 36.9 Å². The molecular weight excluding hydrogens is 822 g/mol. The van der Waals surface area contributed by atoms with Crippen molar-refractivity contribution in [3.8, 4) is 0 Å². The van der Waals surface area contributed by atoms with Gasteiger partial charge in [-0.15, -0.1) is 0 Å². The van der Waals surface area contributed by atoms with Gasteiger partial charge in [0.1, 0.15) is 18.5 Å². The maximum Gasteiger partial charge on any atom is 0.472 e. The standard InChI is InChI=1S/C42H78O16P2/c1-3-5-7-8-9-10-11-12-13-14-15-16-21-25-41(47)54-32-36(33-57-60(52,53)56-31-35(44)30-55-59(49,50)51)58-42(48)26-22-18-17-20-24-37-38(40(46)29-39(37)45)28-27-34(43)23-19-6-4-2/h27-28,34-38,40,43-44,46H,3-26,29-33H2,1-2H3,(H,52,53)(H2,49,50,51)/b28-27+/t34-,35-,36+,37+,38+,40+/m0/s1. The Morgan fingerprint density at radius 1 is 0.683 bits per heavy atom. The van der Waals surface area contributed by atoms with E-state index in [2.05, 4.69) is 22.9 Å². The number of hydrogen-bond donors (Lipinski definition) is 6. The van der Waals surface area contributed by atoms with Gasteiger partial charge in [0.25, 0.3) is 0 Å². The van der Waals surface area contributed by atoms with Crippen molar-refractivity contribution < 1.29 is 76.6 Å². The first-order chi connectivity index (χ1) is 28.6. The van der Waals surface area contributed by atoms with E-state index in [4.69, 9.17) is 23.8 Å². The number of rotatable bonds is 39. The number of ether oxygens (including phenoxy) is 2. The Labute approximate surface area is 358 Å². The van der Waals surface area contributed by atoms with E-state index in [1.54, 1.807) is 12.2 Å². The number of esters is 2. The molecule has 7 atom stereocenters. The molecule has 0 heterocycles. The van der Waals surface area contributed by atoms with Crippen LogP contribution in [-0.4, -0.2) is 98.6 Å². The van der Waals surface area contributed by atoms with Gasteiger partial charge in [-0.05, 0) is 25.7 Å². The number of aliphatic hydroxyl groups excluding tert-OH is 3. The maximum atomic E-state index is 12.8. The Hall–Kier alpha value is -1.55. The quantitative estimate of drug-likeness (QED) is 0.0148. The minimum atomic E-state index is -4.89. The highest BCUT2D eigenvalue weighted by atomic mass is 31.2. The smallest absolute Gasteiger partial charge is 0.462 e. The third-order valence-corrected chi connectivity index (χ3v) is 12.0. The number of unbranched alkanes of at least 4 members (excludes halogenated alkanes) is 17. The van der Waals surface area contributed by atoms with E-state index in [1.165, 1.54) is 57.8 Å². The van der Waals surface area contributed by atoms with Gasteiger partial charge in [0.05, 0.1) is 32.0 Å². The lowest BCUT2D eigenvalue weighted by Crippen LogP contribution is -2.30. The van der Waals surface area contributed by atoms with Gasteiger partial charge in [-0.1, -0.05) is 142 Å². The van der Waals surface area contributed by atoms with E-state index in [1.807, 2.05) is 0 Å². The zero-order chi connectivity index (χ0) is 44.7. The Balaban J connectivity index is 2.54. The molecule has 1 saturated carbocycles. The molecule has 352 valence electrons. The van der Waals surface area contributed by atoms with Gasteiger partial charge in [-0.2, -0.15) is 0 Å². The van der Waals surface area contributed by atoms with Crippen LogP contribution >= 0.6 is 15.6 Å². The Morgan fingerprint density at radius 3 is 1.77 bits per heavy atom. The highest BCUT2D eigenvalue weighted by molar-refractivity contribution is 7.47. The van der Waals surface area contributed by atoms with Crippen LogP contribution in [-0.2, 0) is 46.6 Å².